The van der Waals surface area contributed by atoms with Crippen LogP contribution in [0.2, 0.25) is 0 Å². The zero-order valence-corrected chi connectivity index (χ0v) is 8.27. The number of hydrogen-bond donors (Lipinski definition) is 1. The third kappa shape index (κ3) is 3.42. The Morgan fingerprint density at radius 1 is 1.43 bits per heavy atom. The van der Waals surface area contributed by atoms with Crippen LogP contribution in [0, 0.1) is 11.3 Å². The zero-order valence-electron chi connectivity index (χ0n) is 8.27. The van der Waals surface area contributed by atoms with Crippen molar-refractivity contribution in [3.8, 4) is 6.07 Å². The van der Waals surface area contributed by atoms with Crippen molar-refractivity contribution in [3.63, 3.8) is 0 Å². The van der Waals surface area contributed by atoms with Crippen LogP contribution in [-0.2, 0) is 6.54 Å². The van der Waals surface area contributed by atoms with Gasteiger partial charge in [0.2, 0.25) is 0 Å². The minimum Gasteiger partial charge on any atom is -0.295 e. The minimum absolute atomic E-state index is 0.194. The SMILES string of the molecule is C/C=C/[C@@H](C#N)NCc1ccccc1. The Kier molecular flexibility index (Phi) is 4.46. The third-order valence-electron chi connectivity index (χ3n) is 1.89. The van der Waals surface area contributed by atoms with Gasteiger partial charge in [-0.1, -0.05) is 42.5 Å². The lowest BCUT2D eigenvalue weighted by Crippen LogP contribution is -2.24. The molecule has 2 nitrogen and oxygen atoms in total. The Labute approximate surface area is 84.9 Å². The van der Waals surface area contributed by atoms with Crippen LogP contribution in [0.3, 0.4) is 0 Å². The van der Waals surface area contributed by atoms with Crippen molar-refractivity contribution in [2.45, 2.75) is 19.5 Å². The number of nitrogens with zero attached hydrogens (tertiary/aromatic N) is 1. The number of allylic oxidation sites excluding steroid dienone is 1. The highest BCUT2D eigenvalue weighted by Crippen LogP contribution is 1.98. The summed E-state index contributed by atoms with van der Waals surface area (Å²) in [7, 11) is 0. The van der Waals surface area contributed by atoms with Crippen LogP contribution in [0.15, 0.2) is 42.5 Å². The van der Waals surface area contributed by atoms with Crippen molar-refractivity contribution in [3.05, 3.63) is 48.0 Å². The lowest BCUT2D eigenvalue weighted by Gasteiger charge is -2.06. The molecule has 0 aliphatic heterocycles. The van der Waals surface area contributed by atoms with Gasteiger partial charge in [0, 0.05) is 6.54 Å². The largest absolute Gasteiger partial charge is 0.295 e. The van der Waals surface area contributed by atoms with E-state index in [1.165, 1.54) is 5.56 Å². The number of benzene rings is 1. The first-order valence-electron chi connectivity index (χ1n) is 4.66. The van der Waals surface area contributed by atoms with Crippen molar-refractivity contribution in [1.29, 1.82) is 5.26 Å². The molecule has 0 bridgehead atoms. The van der Waals surface area contributed by atoms with E-state index in [2.05, 4.69) is 11.4 Å². The van der Waals surface area contributed by atoms with Gasteiger partial charge in [-0.25, -0.2) is 0 Å². The van der Waals surface area contributed by atoms with Gasteiger partial charge in [-0.2, -0.15) is 5.26 Å². The molecule has 0 heterocycles. The maximum Gasteiger partial charge on any atom is 0.114 e. The fourth-order valence-electron chi connectivity index (χ4n) is 1.17. The molecule has 0 aliphatic rings. The molecule has 1 rings (SSSR count). The zero-order chi connectivity index (χ0) is 10.2. The van der Waals surface area contributed by atoms with Gasteiger partial charge < -0.3 is 0 Å². The molecular weight excluding hydrogens is 172 g/mol. The van der Waals surface area contributed by atoms with E-state index >= 15 is 0 Å². The second-order valence-corrected chi connectivity index (χ2v) is 3.00. The number of rotatable bonds is 4. The summed E-state index contributed by atoms with van der Waals surface area (Å²) in [5.41, 5.74) is 1.19. The van der Waals surface area contributed by atoms with Gasteiger partial charge in [-0.05, 0) is 12.5 Å². The van der Waals surface area contributed by atoms with Gasteiger partial charge in [0.05, 0.1) is 6.07 Å². The molecule has 1 N–H and O–H groups in total. The highest BCUT2D eigenvalue weighted by atomic mass is 14.9. The Bertz CT molecular complexity index is 322. The second kappa shape index (κ2) is 5.95. The van der Waals surface area contributed by atoms with E-state index in [1.807, 2.05) is 49.4 Å². The molecule has 0 saturated heterocycles. The number of hydrogen-bond acceptors (Lipinski definition) is 2. The van der Waals surface area contributed by atoms with Gasteiger partial charge in [0.15, 0.2) is 0 Å². The second-order valence-electron chi connectivity index (χ2n) is 3.00. The summed E-state index contributed by atoms with van der Waals surface area (Å²) >= 11 is 0. The Hall–Kier alpha value is -1.59. The monoisotopic (exact) mass is 186 g/mol. The molecule has 2 heteroatoms. The van der Waals surface area contributed by atoms with Crippen molar-refractivity contribution >= 4 is 0 Å². The molecule has 0 unspecified atom stereocenters. The molecule has 0 radical (unpaired) electrons. The van der Waals surface area contributed by atoms with E-state index in [9.17, 15) is 0 Å². The van der Waals surface area contributed by atoms with Crippen LogP contribution >= 0.6 is 0 Å². The number of nitriles is 1. The Morgan fingerprint density at radius 2 is 2.14 bits per heavy atom. The van der Waals surface area contributed by atoms with Crippen LogP contribution in [0.1, 0.15) is 12.5 Å². The van der Waals surface area contributed by atoms with Crippen LogP contribution in [0.5, 0.6) is 0 Å². The molecule has 0 amide bonds. The minimum atomic E-state index is -0.194. The van der Waals surface area contributed by atoms with Gasteiger partial charge in [-0.3, -0.25) is 5.32 Å². The van der Waals surface area contributed by atoms with Crippen molar-refractivity contribution < 1.29 is 0 Å². The normalized spacial score (nSPS) is 12.6. The molecule has 0 spiro atoms. The summed E-state index contributed by atoms with van der Waals surface area (Å²) in [4.78, 5) is 0. The fraction of sp³-hybridized carbons (Fsp3) is 0.250. The molecule has 0 fully saturated rings. The lowest BCUT2D eigenvalue weighted by atomic mass is 10.2. The summed E-state index contributed by atoms with van der Waals surface area (Å²) < 4.78 is 0. The molecular formula is C12H14N2. The van der Waals surface area contributed by atoms with E-state index in [1.54, 1.807) is 0 Å². The summed E-state index contributed by atoms with van der Waals surface area (Å²) in [5, 5.41) is 11.9. The molecule has 1 atom stereocenters. The van der Waals surface area contributed by atoms with Gasteiger partial charge in [0.1, 0.15) is 6.04 Å². The summed E-state index contributed by atoms with van der Waals surface area (Å²) in [5.74, 6) is 0. The first kappa shape index (κ1) is 10.5. The summed E-state index contributed by atoms with van der Waals surface area (Å²) in [6.45, 7) is 2.64. The molecule has 0 saturated carbocycles. The quantitative estimate of drug-likeness (QED) is 0.732. The molecule has 0 aromatic heterocycles. The van der Waals surface area contributed by atoms with Crippen LogP contribution in [0.4, 0.5) is 0 Å². The van der Waals surface area contributed by atoms with E-state index < -0.39 is 0 Å². The lowest BCUT2D eigenvalue weighted by molar-refractivity contribution is 0.683. The van der Waals surface area contributed by atoms with Gasteiger partial charge >= 0.3 is 0 Å². The Morgan fingerprint density at radius 3 is 2.71 bits per heavy atom. The maximum atomic E-state index is 8.77. The molecule has 1 aromatic rings. The van der Waals surface area contributed by atoms with Crippen LogP contribution in [0.25, 0.3) is 0 Å². The molecule has 72 valence electrons. The number of nitrogens with one attached hydrogen (secondary N) is 1. The van der Waals surface area contributed by atoms with E-state index in [0.29, 0.717) is 0 Å². The van der Waals surface area contributed by atoms with E-state index in [4.69, 9.17) is 5.26 Å². The van der Waals surface area contributed by atoms with Crippen LogP contribution < -0.4 is 5.32 Å². The summed E-state index contributed by atoms with van der Waals surface area (Å²) in [6, 6.07) is 12.0. The highest BCUT2D eigenvalue weighted by molar-refractivity contribution is 5.15. The van der Waals surface area contributed by atoms with Crippen molar-refractivity contribution in [2.24, 2.45) is 0 Å². The van der Waals surface area contributed by atoms with Crippen LogP contribution in [-0.4, -0.2) is 6.04 Å². The fourth-order valence-corrected chi connectivity index (χ4v) is 1.17. The average molecular weight is 186 g/mol. The maximum absolute atomic E-state index is 8.77. The van der Waals surface area contributed by atoms with E-state index in [-0.39, 0.29) is 6.04 Å². The Balaban J connectivity index is 2.44. The average Bonchev–Trinajstić information content (AvgIpc) is 2.25. The van der Waals surface area contributed by atoms with Crippen molar-refractivity contribution in [1.82, 2.24) is 5.32 Å². The standard InChI is InChI=1S/C12H14N2/c1-2-6-12(9-13)14-10-11-7-4-3-5-8-11/h2-8,12,14H,10H2,1H3/b6-2+/t12-/m0/s1. The predicted molar refractivity (Wildman–Crippen MR) is 57.5 cm³/mol. The van der Waals surface area contributed by atoms with Gasteiger partial charge in [-0.15, -0.1) is 0 Å². The predicted octanol–water partition coefficient (Wildman–Crippen LogP) is 2.24. The topological polar surface area (TPSA) is 35.8 Å². The first-order valence-corrected chi connectivity index (χ1v) is 4.66. The van der Waals surface area contributed by atoms with Gasteiger partial charge in [0.25, 0.3) is 0 Å². The summed E-state index contributed by atoms with van der Waals surface area (Å²) in [6.07, 6.45) is 3.73. The highest BCUT2D eigenvalue weighted by Gasteiger charge is 1.99. The third-order valence-corrected chi connectivity index (χ3v) is 1.89. The molecule has 0 aliphatic carbocycles. The van der Waals surface area contributed by atoms with E-state index in [0.717, 1.165) is 6.54 Å². The molecule has 14 heavy (non-hydrogen) atoms. The van der Waals surface area contributed by atoms with Crippen molar-refractivity contribution in [2.75, 3.05) is 0 Å². The smallest absolute Gasteiger partial charge is 0.114 e. The molecule has 1 aromatic carbocycles. The first-order chi connectivity index (χ1) is 6.86.